The van der Waals surface area contributed by atoms with E-state index in [1.165, 1.54) is 0 Å². The van der Waals surface area contributed by atoms with Crippen molar-refractivity contribution in [2.24, 2.45) is 5.92 Å². The lowest BCUT2D eigenvalue weighted by molar-refractivity contribution is -0.150. The van der Waals surface area contributed by atoms with Gasteiger partial charge in [0.25, 0.3) is 0 Å². The van der Waals surface area contributed by atoms with Gasteiger partial charge in [0.2, 0.25) is 5.91 Å². The number of ether oxygens (including phenoxy) is 1. The van der Waals surface area contributed by atoms with Crippen LogP contribution in [0.4, 0.5) is 5.69 Å². The molecule has 1 atom stereocenters. The van der Waals surface area contributed by atoms with Crippen molar-refractivity contribution in [1.82, 2.24) is 4.90 Å². The number of carbonyl (C=O) groups excluding carboxylic acids is 2. The lowest BCUT2D eigenvalue weighted by Crippen LogP contribution is -2.43. The van der Waals surface area contributed by atoms with Gasteiger partial charge >= 0.3 is 5.97 Å². The number of hydrogen-bond donors (Lipinski definition) is 1. The van der Waals surface area contributed by atoms with E-state index < -0.39 is 0 Å². The molecule has 1 saturated heterocycles. The van der Waals surface area contributed by atoms with Crippen molar-refractivity contribution in [3.05, 3.63) is 54.6 Å². The van der Waals surface area contributed by atoms with Crippen LogP contribution in [0.25, 0.3) is 0 Å². The number of anilines is 1. The van der Waals surface area contributed by atoms with E-state index in [9.17, 15) is 9.59 Å². The number of rotatable bonds is 7. The Morgan fingerprint density at radius 2 is 1.89 bits per heavy atom. The van der Waals surface area contributed by atoms with Crippen LogP contribution in [0.5, 0.6) is 0 Å². The zero-order valence-electron chi connectivity index (χ0n) is 16.1. The highest BCUT2D eigenvalue weighted by Gasteiger charge is 2.27. The van der Waals surface area contributed by atoms with Crippen LogP contribution in [0, 0.1) is 5.92 Å². The Hall–Kier alpha value is -2.31. The molecule has 1 amide bonds. The third-order valence-electron chi connectivity index (χ3n) is 4.62. The first-order valence-corrected chi connectivity index (χ1v) is 10.5. The number of para-hydroxylation sites is 1. The molecule has 1 N–H and O–H groups in total. The topological polar surface area (TPSA) is 58.6 Å². The van der Waals surface area contributed by atoms with Gasteiger partial charge in [-0.15, -0.1) is 0 Å². The van der Waals surface area contributed by atoms with Crippen molar-refractivity contribution < 1.29 is 14.3 Å². The van der Waals surface area contributed by atoms with Crippen molar-refractivity contribution in [3.8, 4) is 0 Å². The molecule has 148 valence electrons. The molecule has 5 nitrogen and oxygen atoms in total. The van der Waals surface area contributed by atoms with E-state index in [4.69, 9.17) is 4.74 Å². The van der Waals surface area contributed by atoms with Crippen molar-refractivity contribution in [2.45, 2.75) is 29.6 Å². The van der Waals surface area contributed by atoms with Crippen LogP contribution >= 0.6 is 11.8 Å². The van der Waals surface area contributed by atoms with Gasteiger partial charge in [-0.25, -0.2) is 0 Å². The van der Waals surface area contributed by atoms with E-state index in [1.54, 1.807) is 11.8 Å². The molecule has 0 spiro atoms. The zero-order valence-corrected chi connectivity index (χ0v) is 16.9. The lowest BCUT2D eigenvalue weighted by Gasteiger charge is -2.30. The van der Waals surface area contributed by atoms with Gasteiger partial charge in [-0.3, -0.25) is 14.5 Å². The van der Waals surface area contributed by atoms with E-state index in [2.05, 4.69) is 5.32 Å². The van der Waals surface area contributed by atoms with Gasteiger partial charge < -0.3 is 10.1 Å². The molecule has 0 aromatic heterocycles. The lowest BCUT2D eigenvalue weighted by atomic mass is 9.98. The highest BCUT2D eigenvalue weighted by Crippen LogP contribution is 2.33. The standard InChI is InChI=1S/C22H26N2O3S/c1-2-27-22(26)17-9-8-14-24(15-17)16-21(25)23-19-12-6-7-13-20(19)28-18-10-4-3-5-11-18/h3-7,10-13,17H,2,8-9,14-16H2,1H3,(H,23,25)/t17-/m0/s1. The van der Waals surface area contributed by atoms with Gasteiger partial charge in [0, 0.05) is 16.3 Å². The molecule has 1 heterocycles. The van der Waals surface area contributed by atoms with E-state index in [1.807, 2.05) is 66.4 Å². The summed E-state index contributed by atoms with van der Waals surface area (Å²) in [6.45, 7) is 3.89. The molecule has 1 aliphatic rings. The predicted molar refractivity (Wildman–Crippen MR) is 111 cm³/mol. The number of esters is 1. The average molecular weight is 399 g/mol. The Balaban J connectivity index is 1.58. The quantitative estimate of drug-likeness (QED) is 0.713. The molecule has 0 bridgehead atoms. The number of likely N-dealkylation sites (tertiary alicyclic amines) is 1. The number of hydrogen-bond acceptors (Lipinski definition) is 5. The maximum Gasteiger partial charge on any atom is 0.310 e. The minimum atomic E-state index is -0.155. The molecule has 1 fully saturated rings. The van der Waals surface area contributed by atoms with Gasteiger partial charge in [0.1, 0.15) is 0 Å². The van der Waals surface area contributed by atoms with Gasteiger partial charge in [-0.1, -0.05) is 42.1 Å². The summed E-state index contributed by atoms with van der Waals surface area (Å²) in [6.07, 6.45) is 1.73. The van der Waals surface area contributed by atoms with Crippen LogP contribution in [0.3, 0.4) is 0 Å². The van der Waals surface area contributed by atoms with Crippen molar-refractivity contribution in [2.75, 3.05) is 31.6 Å². The first kappa shape index (κ1) is 20.4. The number of amides is 1. The largest absolute Gasteiger partial charge is 0.466 e. The minimum absolute atomic E-state index is 0.0642. The third-order valence-corrected chi connectivity index (χ3v) is 5.71. The molecule has 2 aromatic rings. The maximum atomic E-state index is 12.6. The molecule has 28 heavy (non-hydrogen) atoms. The fraction of sp³-hybridized carbons (Fsp3) is 0.364. The number of carbonyl (C=O) groups is 2. The number of benzene rings is 2. The van der Waals surface area contributed by atoms with Crippen LogP contribution in [-0.4, -0.2) is 43.0 Å². The van der Waals surface area contributed by atoms with E-state index >= 15 is 0 Å². The normalized spacial score (nSPS) is 17.1. The third kappa shape index (κ3) is 5.84. The van der Waals surface area contributed by atoms with Crippen molar-refractivity contribution >= 4 is 29.3 Å². The molecule has 6 heteroatoms. The Kier molecular flexibility index (Phi) is 7.51. The summed E-state index contributed by atoms with van der Waals surface area (Å²) in [5, 5.41) is 3.03. The fourth-order valence-electron chi connectivity index (χ4n) is 3.32. The molecule has 0 aliphatic carbocycles. The summed E-state index contributed by atoms with van der Waals surface area (Å²) in [6, 6.07) is 17.9. The van der Waals surface area contributed by atoms with E-state index in [-0.39, 0.29) is 24.3 Å². The van der Waals surface area contributed by atoms with Gasteiger partial charge in [0.15, 0.2) is 0 Å². The van der Waals surface area contributed by atoms with Crippen LogP contribution in [0.2, 0.25) is 0 Å². The number of nitrogens with zero attached hydrogens (tertiary/aromatic N) is 1. The van der Waals surface area contributed by atoms with E-state index in [0.717, 1.165) is 34.9 Å². The Morgan fingerprint density at radius 3 is 2.68 bits per heavy atom. The first-order chi connectivity index (χ1) is 13.7. The summed E-state index contributed by atoms with van der Waals surface area (Å²) in [4.78, 5) is 28.8. The van der Waals surface area contributed by atoms with Gasteiger partial charge in [0.05, 0.1) is 24.8 Å². The van der Waals surface area contributed by atoms with Crippen LogP contribution in [-0.2, 0) is 14.3 Å². The molecule has 0 unspecified atom stereocenters. The number of piperidine rings is 1. The SMILES string of the molecule is CCOC(=O)[C@H]1CCCN(CC(=O)Nc2ccccc2Sc2ccccc2)C1. The zero-order chi connectivity index (χ0) is 19.8. The second-order valence-electron chi connectivity index (χ2n) is 6.79. The highest BCUT2D eigenvalue weighted by molar-refractivity contribution is 7.99. The highest BCUT2D eigenvalue weighted by atomic mass is 32.2. The monoisotopic (exact) mass is 398 g/mol. The second-order valence-corrected chi connectivity index (χ2v) is 7.90. The summed E-state index contributed by atoms with van der Waals surface area (Å²) in [5.74, 6) is -0.356. The first-order valence-electron chi connectivity index (χ1n) is 9.66. The molecule has 1 aliphatic heterocycles. The number of nitrogens with one attached hydrogen (secondary N) is 1. The van der Waals surface area contributed by atoms with Crippen molar-refractivity contribution in [1.29, 1.82) is 0 Å². The molecule has 2 aromatic carbocycles. The van der Waals surface area contributed by atoms with Gasteiger partial charge in [-0.05, 0) is 50.6 Å². The molecule has 0 saturated carbocycles. The summed E-state index contributed by atoms with van der Waals surface area (Å²) < 4.78 is 5.13. The Labute approximate surface area is 170 Å². The summed E-state index contributed by atoms with van der Waals surface area (Å²) in [5.41, 5.74) is 0.806. The molecule has 3 rings (SSSR count). The maximum absolute atomic E-state index is 12.6. The second kappa shape index (κ2) is 10.3. The molecular formula is C22H26N2O3S. The van der Waals surface area contributed by atoms with Crippen LogP contribution in [0.1, 0.15) is 19.8 Å². The van der Waals surface area contributed by atoms with E-state index in [0.29, 0.717) is 13.2 Å². The van der Waals surface area contributed by atoms with Crippen molar-refractivity contribution in [3.63, 3.8) is 0 Å². The average Bonchev–Trinajstić information content (AvgIpc) is 2.70. The van der Waals surface area contributed by atoms with Crippen LogP contribution in [0.15, 0.2) is 64.4 Å². The Bertz CT molecular complexity index is 797. The molecule has 0 radical (unpaired) electrons. The summed E-state index contributed by atoms with van der Waals surface area (Å²) in [7, 11) is 0. The fourth-order valence-corrected chi connectivity index (χ4v) is 4.24. The predicted octanol–water partition coefficient (Wildman–Crippen LogP) is 4.05. The minimum Gasteiger partial charge on any atom is -0.466 e. The smallest absolute Gasteiger partial charge is 0.310 e. The molecular weight excluding hydrogens is 372 g/mol. The summed E-state index contributed by atoms with van der Waals surface area (Å²) >= 11 is 1.62. The van der Waals surface area contributed by atoms with Crippen LogP contribution < -0.4 is 5.32 Å². The van der Waals surface area contributed by atoms with Gasteiger partial charge in [-0.2, -0.15) is 0 Å². The Morgan fingerprint density at radius 1 is 1.14 bits per heavy atom.